The number of carbonyl (C=O) groups is 2. The SMILES string of the molecule is CCOC(=O)c1coc(NCC(=O)NC(C)(C)C)n1. The summed E-state index contributed by atoms with van der Waals surface area (Å²) in [5.41, 5.74) is -0.230. The van der Waals surface area contributed by atoms with Crippen LogP contribution >= 0.6 is 0 Å². The maximum atomic E-state index is 11.5. The average molecular weight is 269 g/mol. The second kappa shape index (κ2) is 6.21. The molecule has 0 radical (unpaired) electrons. The number of oxazole rings is 1. The molecule has 0 unspecified atom stereocenters. The van der Waals surface area contributed by atoms with E-state index in [2.05, 4.69) is 15.6 Å². The molecule has 1 heterocycles. The number of anilines is 1. The Morgan fingerprint density at radius 1 is 1.42 bits per heavy atom. The number of hydrogen-bond acceptors (Lipinski definition) is 6. The fourth-order valence-electron chi connectivity index (χ4n) is 1.27. The van der Waals surface area contributed by atoms with E-state index in [9.17, 15) is 9.59 Å². The highest BCUT2D eigenvalue weighted by molar-refractivity contribution is 5.87. The zero-order chi connectivity index (χ0) is 14.5. The van der Waals surface area contributed by atoms with Gasteiger partial charge in [-0.25, -0.2) is 4.79 Å². The van der Waals surface area contributed by atoms with Gasteiger partial charge < -0.3 is 19.8 Å². The second-order valence-corrected chi connectivity index (χ2v) is 4.91. The van der Waals surface area contributed by atoms with Crippen LogP contribution < -0.4 is 10.6 Å². The minimum absolute atomic E-state index is 0.0139. The van der Waals surface area contributed by atoms with Gasteiger partial charge in [0, 0.05) is 5.54 Å². The highest BCUT2D eigenvalue weighted by Gasteiger charge is 2.16. The van der Waals surface area contributed by atoms with Gasteiger partial charge in [-0.2, -0.15) is 4.98 Å². The third kappa shape index (κ3) is 5.41. The molecule has 0 spiro atoms. The monoisotopic (exact) mass is 269 g/mol. The molecule has 0 aliphatic heterocycles. The number of aromatic nitrogens is 1. The third-order valence-corrected chi connectivity index (χ3v) is 1.90. The largest absolute Gasteiger partial charge is 0.461 e. The quantitative estimate of drug-likeness (QED) is 0.779. The standard InChI is InChI=1S/C12H19N3O4/c1-5-18-10(17)8-7-19-11(14-8)13-6-9(16)15-12(2,3)4/h7H,5-6H2,1-4H3,(H,13,14)(H,15,16). The lowest BCUT2D eigenvalue weighted by Crippen LogP contribution is -2.43. The number of carbonyl (C=O) groups excluding carboxylic acids is 2. The topological polar surface area (TPSA) is 93.5 Å². The van der Waals surface area contributed by atoms with E-state index in [1.807, 2.05) is 20.8 Å². The van der Waals surface area contributed by atoms with Crippen LogP contribution in [-0.2, 0) is 9.53 Å². The van der Waals surface area contributed by atoms with Crippen molar-refractivity contribution in [2.45, 2.75) is 33.2 Å². The Morgan fingerprint density at radius 2 is 2.11 bits per heavy atom. The molecular formula is C12H19N3O4. The molecule has 1 aromatic heterocycles. The fourth-order valence-corrected chi connectivity index (χ4v) is 1.27. The number of ether oxygens (including phenoxy) is 1. The normalized spacial score (nSPS) is 10.9. The number of nitrogens with one attached hydrogen (secondary N) is 2. The lowest BCUT2D eigenvalue weighted by atomic mass is 10.1. The molecule has 0 atom stereocenters. The van der Waals surface area contributed by atoms with Gasteiger partial charge >= 0.3 is 5.97 Å². The Bertz CT molecular complexity index is 448. The number of nitrogens with zero attached hydrogens (tertiary/aromatic N) is 1. The maximum absolute atomic E-state index is 11.5. The van der Waals surface area contributed by atoms with Crippen LogP contribution in [0.15, 0.2) is 10.7 Å². The van der Waals surface area contributed by atoms with E-state index in [-0.39, 0.29) is 36.3 Å². The van der Waals surface area contributed by atoms with E-state index in [0.29, 0.717) is 0 Å². The molecule has 0 saturated carbocycles. The molecule has 0 bridgehead atoms. The van der Waals surface area contributed by atoms with Gasteiger partial charge in [0.1, 0.15) is 6.26 Å². The molecular weight excluding hydrogens is 250 g/mol. The maximum Gasteiger partial charge on any atom is 0.360 e. The van der Waals surface area contributed by atoms with Crippen molar-refractivity contribution in [3.63, 3.8) is 0 Å². The highest BCUT2D eigenvalue weighted by Crippen LogP contribution is 2.08. The third-order valence-electron chi connectivity index (χ3n) is 1.90. The molecule has 2 N–H and O–H groups in total. The van der Waals surface area contributed by atoms with E-state index < -0.39 is 5.97 Å². The van der Waals surface area contributed by atoms with Gasteiger partial charge in [0.25, 0.3) is 6.01 Å². The van der Waals surface area contributed by atoms with Crippen LogP contribution in [0.1, 0.15) is 38.2 Å². The van der Waals surface area contributed by atoms with Crippen molar-refractivity contribution in [3.8, 4) is 0 Å². The molecule has 106 valence electrons. The van der Waals surface area contributed by atoms with Crippen LogP contribution in [0.3, 0.4) is 0 Å². The van der Waals surface area contributed by atoms with Gasteiger partial charge in [-0.3, -0.25) is 4.79 Å². The van der Waals surface area contributed by atoms with E-state index in [1.165, 1.54) is 6.26 Å². The first-order valence-corrected chi connectivity index (χ1v) is 5.99. The van der Waals surface area contributed by atoms with Crippen molar-refractivity contribution in [1.82, 2.24) is 10.3 Å². The minimum atomic E-state index is -0.557. The predicted octanol–water partition coefficient (Wildman–Crippen LogP) is 1.18. The second-order valence-electron chi connectivity index (χ2n) is 4.91. The molecule has 0 fully saturated rings. The highest BCUT2D eigenvalue weighted by atomic mass is 16.5. The molecule has 19 heavy (non-hydrogen) atoms. The summed E-state index contributed by atoms with van der Waals surface area (Å²) in [7, 11) is 0. The smallest absolute Gasteiger partial charge is 0.360 e. The summed E-state index contributed by atoms with van der Waals surface area (Å²) in [5, 5.41) is 5.46. The summed E-state index contributed by atoms with van der Waals surface area (Å²) in [4.78, 5) is 26.7. The van der Waals surface area contributed by atoms with E-state index in [1.54, 1.807) is 6.92 Å². The Kier molecular flexibility index (Phi) is 4.91. The van der Waals surface area contributed by atoms with Crippen molar-refractivity contribution >= 4 is 17.9 Å². The summed E-state index contributed by atoms with van der Waals surface area (Å²) in [6.07, 6.45) is 1.18. The molecule has 7 heteroatoms. The van der Waals surface area contributed by atoms with Crippen LogP contribution in [0.5, 0.6) is 0 Å². The first kappa shape index (κ1) is 15.0. The fraction of sp³-hybridized carbons (Fsp3) is 0.583. The summed E-state index contributed by atoms with van der Waals surface area (Å²) >= 11 is 0. The zero-order valence-electron chi connectivity index (χ0n) is 11.6. The Hall–Kier alpha value is -2.05. The van der Waals surface area contributed by atoms with Crippen molar-refractivity contribution in [2.75, 3.05) is 18.5 Å². The summed E-state index contributed by atoms with van der Waals surface area (Å²) in [5.74, 6) is -0.748. The molecule has 0 aliphatic carbocycles. The lowest BCUT2D eigenvalue weighted by Gasteiger charge is -2.20. The van der Waals surface area contributed by atoms with E-state index >= 15 is 0 Å². The predicted molar refractivity (Wildman–Crippen MR) is 68.8 cm³/mol. The van der Waals surface area contributed by atoms with Crippen LogP contribution in [-0.4, -0.2) is 35.6 Å². The van der Waals surface area contributed by atoms with Gasteiger partial charge in [-0.1, -0.05) is 0 Å². The number of amides is 1. The van der Waals surface area contributed by atoms with Gasteiger partial charge in [0.15, 0.2) is 5.69 Å². The van der Waals surface area contributed by atoms with Crippen molar-refractivity contribution in [1.29, 1.82) is 0 Å². The van der Waals surface area contributed by atoms with E-state index in [4.69, 9.17) is 9.15 Å². The number of rotatable bonds is 5. The van der Waals surface area contributed by atoms with Crippen molar-refractivity contribution < 1.29 is 18.7 Å². The molecule has 0 aliphatic rings. The number of hydrogen-bond donors (Lipinski definition) is 2. The van der Waals surface area contributed by atoms with Crippen molar-refractivity contribution in [3.05, 3.63) is 12.0 Å². The van der Waals surface area contributed by atoms with Crippen LogP contribution in [0.4, 0.5) is 6.01 Å². The first-order chi connectivity index (χ1) is 8.81. The van der Waals surface area contributed by atoms with E-state index in [0.717, 1.165) is 0 Å². The summed E-state index contributed by atoms with van der Waals surface area (Å²) < 4.78 is 9.77. The molecule has 1 amide bonds. The van der Waals surface area contributed by atoms with Gasteiger partial charge in [0.05, 0.1) is 13.2 Å². The Labute approximate surface area is 111 Å². The van der Waals surface area contributed by atoms with Gasteiger partial charge in [0.2, 0.25) is 5.91 Å². The average Bonchev–Trinajstić information content (AvgIpc) is 2.73. The first-order valence-electron chi connectivity index (χ1n) is 5.99. The Morgan fingerprint density at radius 3 is 2.68 bits per heavy atom. The molecule has 0 saturated heterocycles. The lowest BCUT2D eigenvalue weighted by molar-refractivity contribution is -0.120. The van der Waals surface area contributed by atoms with Crippen LogP contribution in [0.2, 0.25) is 0 Å². The summed E-state index contributed by atoms with van der Waals surface area (Å²) in [6, 6.07) is 0.104. The molecule has 7 nitrogen and oxygen atoms in total. The zero-order valence-corrected chi connectivity index (χ0v) is 11.6. The minimum Gasteiger partial charge on any atom is -0.461 e. The number of esters is 1. The van der Waals surface area contributed by atoms with Gasteiger partial charge in [-0.05, 0) is 27.7 Å². The summed E-state index contributed by atoms with van der Waals surface area (Å²) in [6.45, 7) is 7.63. The molecule has 1 aromatic rings. The van der Waals surface area contributed by atoms with Crippen molar-refractivity contribution in [2.24, 2.45) is 0 Å². The van der Waals surface area contributed by atoms with Crippen LogP contribution in [0, 0.1) is 0 Å². The molecule has 0 aromatic carbocycles. The Balaban J connectivity index is 2.46. The van der Waals surface area contributed by atoms with Crippen LogP contribution in [0.25, 0.3) is 0 Å². The van der Waals surface area contributed by atoms with Gasteiger partial charge in [-0.15, -0.1) is 0 Å². The molecule has 1 rings (SSSR count).